The molecule has 3 nitrogen and oxygen atoms in total. The van der Waals surface area contributed by atoms with Crippen molar-refractivity contribution in [3.63, 3.8) is 0 Å². The van der Waals surface area contributed by atoms with Crippen LogP contribution >= 0.6 is 24.0 Å². The Morgan fingerprint density at radius 1 is 1.27 bits per heavy atom. The first-order chi connectivity index (χ1) is 6.77. The van der Waals surface area contributed by atoms with Crippen LogP contribution in [0.5, 0.6) is 5.75 Å². The lowest BCUT2D eigenvalue weighted by atomic mass is 10.2. The van der Waals surface area contributed by atoms with Gasteiger partial charge in [-0.3, -0.25) is 0 Å². The molecule has 0 spiro atoms. The van der Waals surface area contributed by atoms with Crippen LogP contribution in [-0.4, -0.2) is 31.4 Å². The summed E-state index contributed by atoms with van der Waals surface area (Å²) in [4.78, 5) is 2.19. The molecule has 0 bridgehead atoms. The minimum atomic E-state index is 0. The molecule has 1 aliphatic heterocycles. The van der Waals surface area contributed by atoms with Gasteiger partial charge in [-0.05, 0) is 18.2 Å². The predicted octanol–water partition coefficient (Wildman–Crippen LogP) is 2.30. The summed E-state index contributed by atoms with van der Waals surface area (Å²) in [5, 5.41) is 9.66. The number of halogens is 2. The summed E-state index contributed by atoms with van der Waals surface area (Å²) >= 11 is 5.83. The van der Waals surface area contributed by atoms with E-state index in [1.807, 2.05) is 6.07 Å². The smallest absolute Gasteiger partial charge is 0.134 e. The lowest BCUT2D eigenvalue weighted by Gasteiger charge is -2.28. The van der Waals surface area contributed by atoms with E-state index in [1.54, 1.807) is 12.1 Å². The van der Waals surface area contributed by atoms with E-state index in [1.165, 1.54) is 0 Å². The molecule has 0 aliphatic carbocycles. The third-order valence-electron chi connectivity index (χ3n) is 2.31. The average molecular weight is 250 g/mol. The van der Waals surface area contributed by atoms with Gasteiger partial charge >= 0.3 is 0 Å². The van der Waals surface area contributed by atoms with Gasteiger partial charge in [-0.1, -0.05) is 11.6 Å². The molecule has 0 atom stereocenters. The fourth-order valence-electron chi connectivity index (χ4n) is 1.51. The third kappa shape index (κ3) is 2.91. The Balaban J connectivity index is 0.00000112. The monoisotopic (exact) mass is 249 g/mol. The van der Waals surface area contributed by atoms with Crippen LogP contribution < -0.4 is 4.90 Å². The van der Waals surface area contributed by atoms with Crippen LogP contribution in [0, 0.1) is 0 Å². The molecule has 2 rings (SSSR count). The van der Waals surface area contributed by atoms with Crippen molar-refractivity contribution < 1.29 is 9.84 Å². The highest BCUT2D eigenvalue weighted by Crippen LogP contribution is 2.28. The molecule has 1 aromatic rings. The van der Waals surface area contributed by atoms with E-state index in [4.69, 9.17) is 16.3 Å². The van der Waals surface area contributed by atoms with Crippen molar-refractivity contribution in [3.05, 3.63) is 23.2 Å². The summed E-state index contributed by atoms with van der Waals surface area (Å²) < 4.78 is 5.25. The van der Waals surface area contributed by atoms with E-state index < -0.39 is 0 Å². The minimum Gasteiger partial charge on any atom is -0.506 e. The van der Waals surface area contributed by atoms with Gasteiger partial charge in [0, 0.05) is 18.8 Å². The van der Waals surface area contributed by atoms with Crippen LogP contribution in [0.1, 0.15) is 0 Å². The number of hydrogen-bond donors (Lipinski definition) is 1. The first-order valence-corrected chi connectivity index (χ1v) is 4.96. The molecule has 1 heterocycles. The van der Waals surface area contributed by atoms with Crippen molar-refractivity contribution in [2.24, 2.45) is 0 Å². The summed E-state index contributed by atoms with van der Waals surface area (Å²) in [6.45, 7) is 3.25. The van der Waals surface area contributed by atoms with Gasteiger partial charge < -0.3 is 14.7 Å². The van der Waals surface area contributed by atoms with E-state index in [0.29, 0.717) is 5.02 Å². The normalized spacial score (nSPS) is 15.9. The third-order valence-corrected chi connectivity index (χ3v) is 2.61. The van der Waals surface area contributed by atoms with E-state index in [9.17, 15) is 5.11 Å². The molecule has 15 heavy (non-hydrogen) atoms. The van der Waals surface area contributed by atoms with Crippen molar-refractivity contribution in [2.75, 3.05) is 31.2 Å². The molecule has 84 valence electrons. The van der Waals surface area contributed by atoms with Gasteiger partial charge in [0.1, 0.15) is 5.75 Å². The zero-order valence-electron chi connectivity index (χ0n) is 8.15. The van der Waals surface area contributed by atoms with E-state index in [-0.39, 0.29) is 18.2 Å². The molecule has 1 saturated heterocycles. The van der Waals surface area contributed by atoms with Crippen LogP contribution in [-0.2, 0) is 4.74 Å². The Morgan fingerprint density at radius 3 is 2.53 bits per heavy atom. The minimum absolute atomic E-state index is 0. The molecule has 1 fully saturated rings. The van der Waals surface area contributed by atoms with Gasteiger partial charge in [-0.25, -0.2) is 0 Å². The van der Waals surface area contributed by atoms with Gasteiger partial charge in [0.05, 0.1) is 18.2 Å². The quantitative estimate of drug-likeness (QED) is 0.830. The number of aromatic hydroxyl groups is 1. The van der Waals surface area contributed by atoms with Crippen LogP contribution in [0.3, 0.4) is 0 Å². The number of anilines is 1. The molecular formula is C10H13Cl2NO2. The fraction of sp³-hybridized carbons (Fsp3) is 0.400. The number of phenolic OH excluding ortho intramolecular Hbond substituents is 1. The second kappa shape index (κ2) is 5.45. The van der Waals surface area contributed by atoms with Gasteiger partial charge in [0.25, 0.3) is 0 Å². The summed E-state index contributed by atoms with van der Waals surface area (Å²) in [6, 6.07) is 5.27. The maximum Gasteiger partial charge on any atom is 0.134 e. The molecule has 0 amide bonds. The summed E-state index contributed by atoms with van der Waals surface area (Å²) in [5.74, 6) is 0.128. The number of benzene rings is 1. The van der Waals surface area contributed by atoms with Crippen LogP contribution in [0.15, 0.2) is 18.2 Å². The molecule has 1 N–H and O–H groups in total. The number of phenols is 1. The lowest BCUT2D eigenvalue weighted by molar-refractivity contribution is 0.122. The first-order valence-electron chi connectivity index (χ1n) is 4.58. The highest BCUT2D eigenvalue weighted by molar-refractivity contribution is 6.32. The first kappa shape index (κ1) is 12.4. The summed E-state index contributed by atoms with van der Waals surface area (Å²) in [6.07, 6.45) is 0. The molecule has 1 aromatic carbocycles. The van der Waals surface area contributed by atoms with Crippen molar-refractivity contribution in [1.29, 1.82) is 0 Å². The number of rotatable bonds is 1. The SMILES string of the molecule is Cl.Oc1ccc(N2CCOCC2)cc1Cl. The Morgan fingerprint density at radius 2 is 1.93 bits per heavy atom. The number of hydrogen-bond acceptors (Lipinski definition) is 3. The predicted molar refractivity (Wildman–Crippen MR) is 63.4 cm³/mol. The summed E-state index contributed by atoms with van der Waals surface area (Å²) in [7, 11) is 0. The molecule has 0 unspecified atom stereocenters. The van der Waals surface area contributed by atoms with Crippen molar-refractivity contribution in [1.82, 2.24) is 0 Å². The van der Waals surface area contributed by atoms with Crippen LogP contribution in [0.2, 0.25) is 5.02 Å². The van der Waals surface area contributed by atoms with Crippen LogP contribution in [0.25, 0.3) is 0 Å². The standard InChI is InChI=1S/C10H12ClNO2.ClH/c11-9-7-8(1-2-10(9)13)12-3-5-14-6-4-12;/h1-2,7,13H,3-6H2;1H. The molecule has 0 radical (unpaired) electrons. The average Bonchev–Trinajstić information content (AvgIpc) is 2.23. The highest BCUT2D eigenvalue weighted by atomic mass is 35.5. The molecular weight excluding hydrogens is 237 g/mol. The number of ether oxygens (including phenoxy) is 1. The molecule has 0 saturated carbocycles. The maximum atomic E-state index is 9.27. The van der Waals surface area contributed by atoms with Gasteiger partial charge in [0.15, 0.2) is 0 Å². The Labute approximate surface area is 100 Å². The lowest BCUT2D eigenvalue weighted by Crippen LogP contribution is -2.36. The van der Waals surface area contributed by atoms with Crippen molar-refractivity contribution >= 4 is 29.7 Å². The van der Waals surface area contributed by atoms with E-state index >= 15 is 0 Å². The highest BCUT2D eigenvalue weighted by Gasteiger charge is 2.11. The van der Waals surface area contributed by atoms with E-state index in [2.05, 4.69) is 4.90 Å². The van der Waals surface area contributed by atoms with Crippen LogP contribution in [0.4, 0.5) is 5.69 Å². The van der Waals surface area contributed by atoms with E-state index in [0.717, 1.165) is 32.0 Å². The maximum absolute atomic E-state index is 9.27. The topological polar surface area (TPSA) is 32.7 Å². The fourth-order valence-corrected chi connectivity index (χ4v) is 1.69. The molecule has 5 heteroatoms. The second-order valence-corrected chi connectivity index (χ2v) is 3.64. The van der Waals surface area contributed by atoms with Crippen molar-refractivity contribution in [3.8, 4) is 5.75 Å². The van der Waals surface area contributed by atoms with Gasteiger partial charge in [0.2, 0.25) is 0 Å². The van der Waals surface area contributed by atoms with Gasteiger partial charge in [-0.15, -0.1) is 12.4 Å². The Kier molecular flexibility index (Phi) is 4.51. The van der Waals surface area contributed by atoms with Gasteiger partial charge in [-0.2, -0.15) is 0 Å². The Bertz CT molecular complexity index is 327. The summed E-state index contributed by atoms with van der Waals surface area (Å²) in [5.41, 5.74) is 1.04. The zero-order chi connectivity index (χ0) is 9.97. The number of morpholine rings is 1. The largest absolute Gasteiger partial charge is 0.506 e. The molecule has 0 aromatic heterocycles. The Hall–Kier alpha value is -0.640. The second-order valence-electron chi connectivity index (χ2n) is 3.24. The number of nitrogens with zero attached hydrogens (tertiary/aromatic N) is 1. The van der Waals surface area contributed by atoms with Crippen molar-refractivity contribution in [2.45, 2.75) is 0 Å². The molecule has 1 aliphatic rings. The zero-order valence-corrected chi connectivity index (χ0v) is 9.72.